The van der Waals surface area contributed by atoms with Crippen LogP contribution in [0.3, 0.4) is 0 Å². The summed E-state index contributed by atoms with van der Waals surface area (Å²) in [4.78, 5) is 4.75. The molecule has 2 N–H and O–H groups in total. The average molecular weight is 374 g/mol. The molecule has 4 rings (SSSR count). The Bertz CT molecular complexity index is 1060. The number of hydrogen-bond donors (Lipinski definition) is 2. The van der Waals surface area contributed by atoms with Crippen LogP contribution >= 0.6 is 11.6 Å². The van der Waals surface area contributed by atoms with E-state index in [9.17, 15) is 10.2 Å². The number of aromatic hydroxyl groups is 2. The average Bonchev–Trinajstić information content (AvgIpc) is 2.68. The first-order valence-corrected chi connectivity index (χ1v) is 8.84. The number of nitrogens with zero attached hydrogens (tertiary/aromatic N) is 1. The van der Waals surface area contributed by atoms with E-state index in [0.29, 0.717) is 16.4 Å². The van der Waals surface area contributed by atoms with Crippen LogP contribution in [0.4, 0.5) is 0 Å². The summed E-state index contributed by atoms with van der Waals surface area (Å²) in [6, 6.07) is 25.5. The molecule has 0 aliphatic carbocycles. The van der Waals surface area contributed by atoms with E-state index in [4.69, 9.17) is 16.6 Å². The Kier molecular flexibility index (Phi) is 4.53. The van der Waals surface area contributed by atoms with Crippen LogP contribution in [0.15, 0.2) is 84.9 Å². The highest BCUT2D eigenvalue weighted by Gasteiger charge is 2.11. The molecule has 0 atom stereocenters. The minimum atomic E-state index is 0.177. The lowest BCUT2D eigenvalue weighted by molar-refractivity contribution is 0.475. The van der Waals surface area contributed by atoms with Gasteiger partial charge >= 0.3 is 0 Å². The molecule has 0 fully saturated rings. The molecule has 0 aliphatic rings. The number of hydrogen-bond acceptors (Lipinski definition) is 3. The Morgan fingerprint density at radius 3 is 1.67 bits per heavy atom. The maximum atomic E-state index is 9.85. The standard InChI is InChI=1S/C23H16ClNO2/c24-21-10-2-1-9-20(21)17-13-22(15-5-3-7-18(26)11-15)25-23(14-17)16-6-4-8-19(27)12-16/h1-14,26-27H. The van der Waals surface area contributed by atoms with E-state index < -0.39 is 0 Å². The zero-order chi connectivity index (χ0) is 18.8. The van der Waals surface area contributed by atoms with Gasteiger partial charge in [-0.2, -0.15) is 0 Å². The monoisotopic (exact) mass is 373 g/mol. The molecular formula is C23H16ClNO2. The van der Waals surface area contributed by atoms with Crippen LogP contribution in [0.5, 0.6) is 11.5 Å². The molecule has 4 aromatic rings. The fourth-order valence-corrected chi connectivity index (χ4v) is 3.25. The van der Waals surface area contributed by atoms with Gasteiger partial charge in [-0.05, 0) is 48.0 Å². The number of phenolic OH excluding ortho intramolecular Hbond substituents is 2. The number of pyridine rings is 1. The van der Waals surface area contributed by atoms with Crippen molar-refractivity contribution < 1.29 is 10.2 Å². The van der Waals surface area contributed by atoms with Crippen LogP contribution in [0.1, 0.15) is 0 Å². The van der Waals surface area contributed by atoms with Gasteiger partial charge in [0.25, 0.3) is 0 Å². The van der Waals surface area contributed by atoms with Gasteiger partial charge in [-0.1, -0.05) is 54.1 Å². The largest absolute Gasteiger partial charge is 0.508 e. The predicted octanol–water partition coefficient (Wildman–Crippen LogP) is 6.15. The highest BCUT2D eigenvalue weighted by molar-refractivity contribution is 6.33. The Morgan fingerprint density at radius 1 is 0.593 bits per heavy atom. The predicted molar refractivity (Wildman–Crippen MR) is 109 cm³/mol. The molecule has 0 aliphatic heterocycles. The third-order valence-electron chi connectivity index (χ3n) is 4.29. The van der Waals surface area contributed by atoms with Gasteiger partial charge in [-0.25, -0.2) is 4.98 Å². The molecule has 132 valence electrons. The van der Waals surface area contributed by atoms with Gasteiger partial charge in [0.1, 0.15) is 11.5 Å². The zero-order valence-corrected chi connectivity index (χ0v) is 15.1. The molecule has 27 heavy (non-hydrogen) atoms. The van der Waals surface area contributed by atoms with Gasteiger partial charge in [-0.3, -0.25) is 0 Å². The Morgan fingerprint density at radius 2 is 1.15 bits per heavy atom. The Hall–Kier alpha value is -3.30. The van der Waals surface area contributed by atoms with E-state index in [1.807, 2.05) is 48.5 Å². The summed E-state index contributed by atoms with van der Waals surface area (Å²) in [5, 5.41) is 20.3. The van der Waals surface area contributed by atoms with E-state index in [0.717, 1.165) is 22.3 Å². The Labute approximate surface area is 162 Å². The summed E-state index contributed by atoms with van der Waals surface area (Å²) in [6.45, 7) is 0. The lowest BCUT2D eigenvalue weighted by Gasteiger charge is -2.11. The summed E-state index contributed by atoms with van der Waals surface area (Å²) >= 11 is 6.41. The molecule has 1 aromatic heterocycles. The van der Waals surface area contributed by atoms with Crippen molar-refractivity contribution in [2.24, 2.45) is 0 Å². The van der Waals surface area contributed by atoms with E-state index in [-0.39, 0.29) is 11.5 Å². The first-order chi connectivity index (χ1) is 13.1. The highest BCUT2D eigenvalue weighted by atomic mass is 35.5. The topological polar surface area (TPSA) is 53.4 Å². The molecule has 3 aromatic carbocycles. The van der Waals surface area contributed by atoms with Crippen molar-refractivity contribution >= 4 is 11.6 Å². The number of rotatable bonds is 3. The van der Waals surface area contributed by atoms with E-state index in [1.54, 1.807) is 36.4 Å². The fourth-order valence-electron chi connectivity index (χ4n) is 3.01. The van der Waals surface area contributed by atoms with Gasteiger partial charge in [0.05, 0.1) is 11.4 Å². The van der Waals surface area contributed by atoms with Crippen LogP contribution in [-0.4, -0.2) is 15.2 Å². The van der Waals surface area contributed by atoms with Gasteiger partial charge in [0, 0.05) is 21.7 Å². The van der Waals surface area contributed by atoms with Crippen LogP contribution < -0.4 is 0 Å². The minimum Gasteiger partial charge on any atom is -0.508 e. The molecule has 0 unspecified atom stereocenters. The second kappa shape index (κ2) is 7.14. The zero-order valence-electron chi connectivity index (χ0n) is 14.3. The van der Waals surface area contributed by atoms with Gasteiger partial charge in [-0.15, -0.1) is 0 Å². The second-order valence-corrected chi connectivity index (χ2v) is 6.61. The summed E-state index contributed by atoms with van der Waals surface area (Å²) < 4.78 is 0. The molecule has 4 heteroatoms. The summed E-state index contributed by atoms with van der Waals surface area (Å²) in [6.07, 6.45) is 0. The minimum absolute atomic E-state index is 0.177. The normalized spacial score (nSPS) is 10.7. The fraction of sp³-hybridized carbons (Fsp3) is 0. The summed E-state index contributed by atoms with van der Waals surface area (Å²) in [5.74, 6) is 0.354. The van der Waals surface area contributed by atoms with E-state index in [1.165, 1.54) is 0 Å². The summed E-state index contributed by atoms with van der Waals surface area (Å²) in [7, 11) is 0. The molecule has 0 bridgehead atoms. The van der Waals surface area contributed by atoms with Crippen LogP contribution in [0, 0.1) is 0 Å². The van der Waals surface area contributed by atoms with Crippen molar-refractivity contribution in [3.8, 4) is 45.1 Å². The SMILES string of the molecule is Oc1cccc(-c2cc(-c3ccccc3Cl)cc(-c3cccc(O)c3)n2)c1. The molecule has 0 saturated heterocycles. The van der Waals surface area contributed by atoms with E-state index >= 15 is 0 Å². The first-order valence-electron chi connectivity index (χ1n) is 8.46. The number of halogens is 1. The third kappa shape index (κ3) is 3.64. The quantitative estimate of drug-likeness (QED) is 0.453. The molecule has 3 nitrogen and oxygen atoms in total. The third-order valence-corrected chi connectivity index (χ3v) is 4.62. The van der Waals surface area contributed by atoms with Crippen molar-refractivity contribution in [1.82, 2.24) is 4.98 Å². The van der Waals surface area contributed by atoms with Crippen molar-refractivity contribution in [3.63, 3.8) is 0 Å². The van der Waals surface area contributed by atoms with Crippen molar-refractivity contribution in [3.05, 3.63) is 90.0 Å². The Balaban J connectivity index is 1.95. The molecule has 0 radical (unpaired) electrons. The number of phenols is 2. The van der Waals surface area contributed by atoms with Crippen LogP contribution in [-0.2, 0) is 0 Å². The molecular weight excluding hydrogens is 358 g/mol. The highest BCUT2D eigenvalue weighted by Crippen LogP contribution is 2.34. The van der Waals surface area contributed by atoms with Crippen LogP contribution in [0.25, 0.3) is 33.6 Å². The van der Waals surface area contributed by atoms with Crippen molar-refractivity contribution in [1.29, 1.82) is 0 Å². The van der Waals surface area contributed by atoms with Crippen LogP contribution in [0.2, 0.25) is 5.02 Å². The smallest absolute Gasteiger partial charge is 0.116 e. The van der Waals surface area contributed by atoms with Gasteiger partial charge < -0.3 is 10.2 Å². The molecule has 0 spiro atoms. The number of aromatic nitrogens is 1. The lowest BCUT2D eigenvalue weighted by Crippen LogP contribution is -1.91. The lowest BCUT2D eigenvalue weighted by atomic mass is 10.00. The first kappa shape index (κ1) is 17.1. The molecule has 1 heterocycles. The second-order valence-electron chi connectivity index (χ2n) is 6.21. The molecule has 0 amide bonds. The maximum Gasteiger partial charge on any atom is 0.116 e. The van der Waals surface area contributed by atoms with Gasteiger partial charge in [0.2, 0.25) is 0 Å². The van der Waals surface area contributed by atoms with Gasteiger partial charge in [0.15, 0.2) is 0 Å². The summed E-state index contributed by atoms with van der Waals surface area (Å²) in [5.41, 5.74) is 4.82. The number of benzene rings is 3. The maximum absolute atomic E-state index is 9.85. The van der Waals surface area contributed by atoms with E-state index in [2.05, 4.69) is 0 Å². The molecule has 0 saturated carbocycles. The van der Waals surface area contributed by atoms with Crippen molar-refractivity contribution in [2.75, 3.05) is 0 Å². The van der Waals surface area contributed by atoms with Crippen molar-refractivity contribution in [2.45, 2.75) is 0 Å².